The van der Waals surface area contributed by atoms with Gasteiger partial charge in [0.05, 0.1) is 7.11 Å². The van der Waals surface area contributed by atoms with Crippen molar-refractivity contribution in [1.29, 1.82) is 0 Å². The van der Waals surface area contributed by atoms with E-state index in [-0.39, 0.29) is 0 Å². The van der Waals surface area contributed by atoms with Crippen LogP contribution >= 0.6 is 27.7 Å². The SMILES string of the molecule is CONCc1ccc(C2CCSC2)c(Br)c1. The van der Waals surface area contributed by atoms with Crippen molar-refractivity contribution in [3.05, 3.63) is 33.8 Å². The zero-order chi connectivity index (χ0) is 11.4. The summed E-state index contributed by atoms with van der Waals surface area (Å²) in [5.41, 5.74) is 5.54. The van der Waals surface area contributed by atoms with Gasteiger partial charge in [-0.3, -0.25) is 0 Å². The summed E-state index contributed by atoms with van der Waals surface area (Å²) >= 11 is 5.72. The lowest BCUT2D eigenvalue weighted by Crippen LogP contribution is -2.11. The van der Waals surface area contributed by atoms with Gasteiger partial charge in [0.1, 0.15) is 0 Å². The molecule has 0 spiro atoms. The fourth-order valence-corrected chi connectivity index (χ4v) is 3.95. The molecule has 1 atom stereocenters. The quantitative estimate of drug-likeness (QED) is 0.862. The molecule has 1 aliphatic heterocycles. The molecular weight excluding hydrogens is 286 g/mol. The highest BCUT2D eigenvalue weighted by Crippen LogP contribution is 2.36. The molecule has 2 nitrogen and oxygen atoms in total. The molecule has 16 heavy (non-hydrogen) atoms. The molecule has 0 saturated carbocycles. The van der Waals surface area contributed by atoms with E-state index in [0.717, 1.165) is 12.5 Å². The van der Waals surface area contributed by atoms with Crippen molar-refractivity contribution in [2.75, 3.05) is 18.6 Å². The molecule has 0 radical (unpaired) electrons. The van der Waals surface area contributed by atoms with E-state index in [1.807, 2.05) is 0 Å². The highest BCUT2D eigenvalue weighted by Gasteiger charge is 2.19. The summed E-state index contributed by atoms with van der Waals surface area (Å²) < 4.78 is 1.23. The van der Waals surface area contributed by atoms with E-state index in [1.165, 1.54) is 33.5 Å². The smallest absolute Gasteiger partial charge is 0.0572 e. The van der Waals surface area contributed by atoms with Crippen LogP contribution in [0.2, 0.25) is 0 Å². The molecule has 1 aliphatic rings. The number of nitrogens with one attached hydrogen (secondary N) is 1. The molecule has 0 aliphatic carbocycles. The van der Waals surface area contributed by atoms with Gasteiger partial charge in [0.25, 0.3) is 0 Å². The summed E-state index contributed by atoms with van der Waals surface area (Å²) in [6, 6.07) is 6.60. The van der Waals surface area contributed by atoms with Crippen LogP contribution in [0.3, 0.4) is 0 Å². The van der Waals surface area contributed by atoms with E-state index in [0.29, 0.717) is 0 Å². The lowest BCUT2D eigenvalue weighted by molar-refractivity contribution is 0.0867. The monoisotopic (exact) mass is 301 g/mol. The second-order valence-electron chi connectivity index (χ2n) is 3.94. The minimum absolute atomic E-state index is 0.726. The van der Waals surface area contributed by atoms with Crippen molar-refractivity contribution in [3.8, 4) is 0 Å². The molecule has 0 aromatic heterocycles. The van der Waals surface area contributed by atoms with Gasteiger partial charge in [0, 0.05) is 16.8 Å². The topological polar surface area (TPSA) is 21.3 Å². The van der Waals surface area contributed by atoms with Crippen LogP contribution in [0.1, 0.15) is 23.5 Å². The average molecular weight is 302 g/mol. The first-order valence-electron chi connectivity index (χ1n) is 5.43. The minimum Gasteiger partial charge on any atom is -0.305 e. The summed E-state index contributed by atoms with van der Waals surface area (Å²) in [6.45, 7) is 0.745. The van der Waals surface area contributed by atoms with Crippen LogP contribution < -0.4 is 5.48 Å². The van der Waals surface area contributed by atoms with Crippen molar-refractivity contribution in [1.82, 2.24) is 5.48 Å². The van der Waals surface area contributed by atoms with E-state index in [9.17, 15) is 0 Å². The van der Waals surface area contributed by atoms with Gasteiger partial charge < -0.3 is 4.84 Å². The lowest BCUT2D eigenvalue weighted by Gasteiger charge is -2.12. The Morgan fingerprint density at radius 2 is 2.44 bits per heavy atom. The number of thioether (sulfide) groups is 1. The number of rotatable bonds is 4. The van der Waals surface area contributed by atoms with E-state index in [1.54, 1.807) is 7.11 Å². The van der Waals surface area contributed by atoms with E-state index in [2.05, 4.69) is 51.4 Å². The molecule has 1 aromatic rings. The second kappa shape index (κ2) is 6.05. The van der Waals surface area contributed by atoms with Crippen LogP contribution in [0.15, 0.2) is 22.7 Å². The molecule has 88 valence electrons. The van der Waals surface area contributed by atoms with Gasteiger partial charge in [0.2, 0.25) is 0 Å². The standard InChI is InChI=1S/C12H16BrNOS/c1-15-14-7-9-2-3-11(12(13)6-9)10-4-5-16-8-10/h2-3,6,10,14H,4-5,7-8H2,1H3. The van der Waals surface area contributed by atoms with Crippen LogP contribution in [0.4, 0.5) is 0 Å². The Labute approximate surface area is 109 Å². The van der Waals surface area contributed by atoms with E-state index < -0.39 is 0 Å². The van der Waals surface area contributed by atoms with Crippen molar-refractivity contribution in [2.24, 2.45) is 0 Å². The van der Waals surface area contributed by atoms with Gasteiger partial charge in [-0.1, -0.05) is 28.1 Å². The lowest BCUT2D eigenvalue weighted by atomic mass is 9.97. The van der Waals surface area contributed by atoms with E-state index >= 15 is 0 Å². The molecule has 1 fully saturated rings. The number of hydrogen-bond acceptors (Lipinski definition) is 3. The highest BCUT2D eigenvalue weighted by molar-refractivity contribution is 9.10. The van der Waals surface area contributed by atoms with Crippen molar-refractivity contribution >= 4 is 27.7 Å². The number of hydrogen-bond donors (Lipinski definition) is 1. The molecule has 1 N–H and O–H groups in total. The van der Waals surface area contributed by atoms with Gasteiger partial charge >= 0.3 is 0 Å². The molecule has 2 rings (SSSR count). The molecule has 1 aromatic carbocycles. The molecule has 0 bridgehead atoms. The first kappa shape index (κ1) is 12.4. The van der Waals surface area contributed by atoms with Crippen LogP contribution in [-0.4, -0.2) is 18.6 Å². The first-order chi connectivity index (χ1) is 7.81. The van der Waals surface area contributed by atoms with Gasteiger partial charge in [-0.2, -0.15) is 17.2 Å². The largest absolute Gasteiger partial charge is 0.305 e. The van der Waals surface area contributed by atoms with Crippen LogP contribution in [0, 0.1) is 0 Å². The maximum absolute atomic E-state index is 4.85. The predicted molar refractivity (Wildman–Crippen MR) is 72.7 cm³/mol. The van der Waals surface area contributed by atoms with E-state index in [4.69, 9.17) is 4.84 Å². The Morgan fingerprint density at radius 3 is 3.06 bits per heavy atom. The summed E-state index contributed by atoms with van der Waals surface area (Å²) in [5, 5.41) is 0. The van der Waals surface area contributed by atoms with Crippen molar-refractivity contribution in [2.45, 2.75) is 18.9 Å². The van der Waals surface area contributed by atoms with Gasteiger partial charge in [-0.25, -0.2) is 0 Å². The van der Waals surface area contributed by atoms with Gasteiger partial charge in [-0.05, 0) is 35.3 Å². The molecule has 1 saturated heterocycles. The third-order valence-electron chi connectivity index (χ3n) is 2.86. The van der Waals surface area contributed by atoms with Crippen molar-refractivity contribution in [3.63, 3.8) is 0 Å². The first-order valence-corrected chi connectivity index (χ1v) is 7.38. The minimum atomic E-state index is 0.726. The Hall–Kier alpha value is -0.0300. The predicted octanol–water partition coefficient (Wildman–Crippen LogP) is 3.32. The molecular formula is C12H16BrNOS. The molecule has 1 heterocycles. The van der Waals surface area contributed by atoms with Gasteiger partial charge in [-0.15, -0.1) is 0 Å². The zero-order valence-corrected chi connectivity index (χ0v) is 11.7. The maximum Gasteiger partial charge on any atom is 0.0572 e. The van der Waals surface area contributed by atoms with Crippen LogP contribution in [0.5, 0.6) is 0 Å². The fourth-order valence-electron chi connectivity index (χ4n) is 1.95. The fraction of sp³-hybridized carbons (Fsp3) is 0.500. The number of benzene rings is 1. The van der Waals surface area contributed by atoms with Crippen LogP contribution in [-0.2, 0) is 11.4 Å². The maximum atomic E-state index is 4.85. The van der Waals surface area contributed by atoms with Crippen molar-refractivity contribution < 1.29 is 4.84 Å². The molecule has 1 unspecified atom stereocenters. The summed E-state index contributed by atoms with van der Waals surface area (Å²) in [5.74, 6) is 3.28. The average Bonchev–Trinajstić information content (AvgIpc) is 2.80. The summed E-state index contributed by atoms with van der Waals surface area (Å²) in [4.78, 5) is 4.85. The third-order valence-corrected chi connectivity index (χ3v) is 4.70. The Kier molecular flexibility index (Phi) is 4.70. The number of halogens is 1. The second-order valence-corrected chi connectivity index (χ2v) is 5.95. The highest BCUT2D eigenvalue weighted by atomic mass is 79.9. The normalized spacial score (nSPS) is 20.2. The number of hydroxylamine groups is 1. The third kappa shape index (κ3) is 3.00. The molecule has 4 heteroatoms. The summed E-state index contributed by atoms with van der Waals surface area (Å²) in [6.07, 6.45) is 1.30. The Bertz CT molecular complexity index is 353. The van der Waals surface area contributed by atoms with Crippen LogP contribution in [0.25, 0.3) is 0 Å². The Morgan fingerprint density at radius 1 is 1.56 bits per heavy atom. The Balaban J connectivity index is 2.09. The summed E-state index contributed by atoms with van der Waals surface area (Å²) in [7, 11) is 1.64. The molecule has 0 amide bonds. The zero-order valence-electron chi connectivity index (χ0n) is 9.33. The van der Waals surface area contributed by atoms with Gasteiger partial charge in [0.15, 0.2) is 0 Å².